The van der Waals surface area contributed by atoms with Crippen molar-refractivity contribution in [1.82, 2.24) is 15.5 Å². The third-order valence-corrected chi connectivity index (χ3v) is 5.24. The van der Waals surface area contributed by atoms with Crippen molar-refractivity contribution in [2.75, 3.05) is 0 Å². The molecule has 0 saturated carbocycles. The van der Waals surface area contributed by atoms with Crippen LogP contribution < -0.4 is 16.4 Å². The van der Waals surface area contributed by atoms with E-state index < -0.39 is 53.1 Å². The van der Waals surface area contributed by atoms with Crippen molar-refractivity contribution >= 4 is 23.8 Å². The fourth-order valence-corrected chi connectivity index (χ4v) is 3.54. The highest BCUT2D eigenvalue weighted by Crippen LogP contribution is 2.32. The molecular formula is C26H42N4O6. The summed E-state index contributed by atoms with van der Waals surface area (Å²) < 4.78 is 5.31. The molecule has 0 bridgehead atoms. The van der Waals surface area contributed by atoms with Gasteiger partial charge in [0.15, 0.2) is 0 Å². The molecule has 0 fully saturated rings. The second-order valence-corrected chi connectivity index (χ2v) is 10.9. The van der Waals surface area contributed by atoms with Crippen molar-refractivity contribution in [1.29, 1.82) is 0 Å². The van der Waals surface area contributed by atoms with Gasteiger partial charge in [0.05, 0.1) is 0 Å². The Morgan fingerprint density at radius 3 is 2.14 bits per heavy atom. The number of hydrogen-bond donors (Lipinski definition) is 4. The van der Waals surface area contributed by atoms with Crippen molar-refractivity contribution in [2.24, 2.45) is 5.73 Å². The average Bonchev–Trinajstić information content (AvgIpc) is 2.72. The number of nitrogens with two attached hydrogens (primary N) is 1. The number of primary amides is 1. The Hall–Kier alpha value is -3.30. The summed E-state index contributed by atoms with van der Waals surface area (Å²) in [4.78, 5) is 53.0. The second-order valence-electron chi connectivity index (χ2n) is 10.9. The SMILES string of the molecule is CCC(C)N(C(=O)C(CCC(N)=O)NC(=O)OC(C)(C)C)C(C(=O)NC(C)(C)C)c1ccccc1O. The smallest absolute Gasteiger partial charge is 0.408 e. The van der Waals surface area contributed by atoms with Gasteiger partial charge >= 0.3 is 6.09 Å². The standard InChI is InChI=1S/C26H42N4O6/c1-9-16(2)30(21(22(33)29-25(3,4)5)17-12-10-11-13-19(17)31)23(34)18(14-15-20(27)32)28-24(35)36-26(6,7)8/h10-13,16,18,21,31H,9,14-15H2,1-8H3,(H2,27,32)(H,28,35)(H,29,33). The number of ether oxygens (including phenoxy) is 1. The number of para-hydroxylation sites is 1. The quantitative estimate of drug-likeness (QED) is 0.383. The molecule has 10 heteroatoms. The van der Waals surface area contributed by atoms with E-state index in [2.05, 4.69) is 10.6 Å². The minimum Gasteiger partial charge on any atom is -0.508 e. The molecule has 5 N–H and O–H groups in total. The van der Waals surface area contributed by atoms with E-state index in [0.29, 0.717) is 6.42 Å². The third-order valence-electron chi connectivity index (χ3n) is 5.24. The van der Waals surface area contributed by atoms with Gasteiger partial charge in [0, 0.05) is 23.6 Å². The van der Waals surface area contributed by atoms with Crippen LogP contribution in [0.5, 0.6) is 5.75 Å². The van der Waals surface area contributed by atoms with E-state index in [4.69, 9.17) is 10.5 Å². The van der Waals surface area contributed by atoms with Gasteiger partial charge in [0.1, 0.15) is 23.4 Å². The minimum atomic E-state index is -1.20. The van der Waals surface area contributed by atoms with E-state index in [0.717, 1.165) is 0 Å². The number of phenolic OH excluding ortho intramolecular Hbond substituents is 1. The number of carbonyl (C=O) groups excluding carboxylic acids is 4. The van der Waals surface area contributed by atoms with E-state index in [1.54, 1.807) is 45.9 Å². The van der Waals surface area contributed by atoms with Gasteiger partial charge in [-0.2, -0.15) is 0 Å². The van der Waals surface area contributed by atoms with Gasteiger partial charge in [-0.15, -0.1) is 0 Å². The lowest BCUT2D eigenvalue weighted by Gasteiger charge is -2.39. The largest absolute Gasteiger partial charge is 0.508 e. The molecule has 4 amide bonds. The molecule has 0 aromatic heterocycles. The lowest BCUT2D eigenvalue weighted by Crippen LogP contribution is -2.57. The van der Waals surface area contributed by atoms with Crippen LogP contribution in [0.3, 0.4) is 0 Å². The molecule has 0 radical (unpaired) electrons. The Labute approximate surface area is 213 Å². The van der Waals surface area contributed by atoms with Crippen molar-refractivity contribution in [3.05, 3.63) is 29.8 Å². The van der Waals surface area contributed by atoms with Gasteiger partial charge in [-0.05, 0) is 67.4 Å². The first-order valence-corrected chi connectivity index (χ1v) is 12.2. The topological polar surface area (TPSA) is 151 Å². The summed E-state index contributed by atoms with van der Waals surface area (Å²) >= 11 is 0. The molecule has 1 rings (SSSR count). The number of hydrogen-bond acceptors (Lipinski definition) is 6. The first-order chi connectivity index (χ1) is 16.5. The molecule has 0 saturated heterocycles. The average molecular weight is 507 g/mol. The van der Waals surface area contributed by atoms with Crippen LogP contribution in [0, 0.1) is 0 Å². The molecule has 3 unspecified atom stereocenters. The monoisotopic (exact) mass is 506 g/mol. The molecule has 0 aliphatic carbocycles. The number of amides is 4. The predicted octanol–water partition coefficient (Wildman–Crippen LogP) is 3.13. The van der Waals surface area contributed by atoms with Crippen LogP contribution in [-0.2, 0) is 19.1 Å². The van der Waals surface area contributed by atoms with Crippen LogP contribution in [0.15, 0.2) is 24.3 Å². The Bertz CT molecular complexity index is 935. The van der Waals surface area contributed by atoms with Crippen molar-refractivity contribution in [3.8, 4) is 5.75 Å². The Balaban J connectivity index is 3.59. The Kier molecular flexibility index (Phi) is 10.8. The van der Waals surface area contributed by atoms with Crippen molar-refractivity contribution < 1.29 is 29.0 Å². The molecule has 36 heavy (non-hydrogen) atoms. The first-order valence-electron chi connectivity index (χ1n) is 12.2. The normalized spacial score (nSPS) is 14.2. The summed E-state index contributed by atoms with van der Waals surface area (Å²) in [5, 5.41) is 16.1. The Morgan fingerprint density at radius 1 is 1.08 bits per heavy atom. The highest BCUT2D eigenvalue weighted by molar-refractivity contribution is 5.93. The maximum Gasteiger partial charge on any atom is 0.408 e. The molecular weight excluding hydrogens is 464 g/mol. The van der Waals surface area contributed by atoms with Crippen LogP contribution in [0.4, 0.5) is 4.79 Å². The zero-order valence-electron chi connectivity index (χ0n) is 22.7. The van der Waals surface area contributed by atoms with E-state index in [1.165, 1.54) is 11.0 Å². The predicted molar refractivity (Wildman–Crippen MR) is 137 cm³/mol. The molecule has 202 valence electrons. The van der Waals surface area contributed by atoms with Crippen LogP contribution in [-0.4, -0.2) is 57.0 Å². The molecule has 0 aliphatic rings. The number of rotatable bonds is 10. The summed E-state index contributed by atoms with van der Waals surface area (Å²) in [6.07, 6.45) is -0.620. The number of aromatic hydroxyl groups is 1. The highest BCUT2D eigenvalue weighted by atomic mass is 16.6. The number of benzene rings is 1. The first kappa shape index (κ1) is 30.7. The molecule has 3 atom stereocenters. The summed E-state index contributed by atoms with van der Waals surface area (Å²) in [7, 11) is 0. The summed E-state index contributed by atoms with van der Waals surface area (Å²) in [5.41, 5.74) is 4.12. The third kappa shape index (κ3) is 9.75. The maximum atomic E-state index is 14.0. The molecule has 10 nitrogen and oxygen atoms in total. The van der Waals surface area contributed by atoms with E-state index in [-0.39, 0.29) is 24.2 Å². The number of carbonyl (C=O) groups is 4. The van der Waals surface area contributed by atoms with Gasteiger partial charge in [0.25, 0.3) is 0 Å². The summed E-state index contributed by atoms with van der Waals surface area (Å²) in [6.45, 7) is 14.1. The Morgan fingerprint density at radius 2 is 1.67 bits per heavy atom. The second kappa shape index (κ2) is 12.6. The highest BCUT2D eigenvalue weighted by Gasteiger charge is 2.40. The van der Waals surface area contributed by atoms with E-state index in [1.807, 2.05) is 27.7 Å². The van der Waals surface area contributed by atoms with Gasteiger partial charge in [0.2, 0.25) is 17.7 Å². The number of alkyl carbamates (subject to hydrolysis) is 1. The molecule has 0 heterocycles. The zero-order valence-corrected chi connectivity index (χ0v) is 22.7. The van der Waals surface area contributed by atoms with Crippen LogP contribution in [0.25, 0.3) is 0 Å². The summed E-state index contributed by atoms with van der Waals surface area (Å²) in [6, 6.07) is 3.42. The van der Waals surface area contributed by atoms with Gasteiger partial charge in [-0.3, -0.25) is 14.4 Å². The molecule has 0 spiro atoms. The minimum absolute atomic E-state index is 0.0886. The summed E-state index contributed by atoms with van der Waals surface area (Å²) in [5.74, 6) is -1.89. The fraction of sp³-hybridized carbons (Fsp3) is 0.615. The van der Waals surface area contributed by atoms with Crippen molar-refractivity contribution in [2.45, 2.75) is 104 Å². The fourth-order valence-electron chi connectivity index (χ4n) is 3.54. The number of phenols is 1. The molecule has 1 aromatic carbocycles. The van der Waals surface area contributed by atoms with Crippen LogP contribution in [0.2, 0.25) is 0 Å². The zero-order chi connectivity index (χ0) is 27.8. The van der Waals surface area contributed by atoms with Crippen molar-refractivity contribution in [3.63, 3.8) is 0 Å². The molecule has 1 aromatic rings. The van der Waals surface area contributed by atoms with E-state index in [9.17, 15) is 24.3 Å². The van der Waals surface area contributed by atoms with Crippen LogP contribution >= 0.6 is 0 Å². The lowest BCUT2D eigenvalue weighted by molar-refractivity contribution is -0.146. The van der Waals surface area contributed by atoms with Gasteiger partial charge < -0.3 is 31.1 Å². The van der Waals surface area contributed by atoms with Gasteiger partial charge in [-0.1, -0.05) is 25.1 Å². The number of nitrogens with zero attached hydrogens (tertiary/aromatic N) is 1. The lowest BCUT2D eigenvalue weighted by atomic mass is 9.97. The van der Waals surface area contributed by atoms with E-state index >= 15 is 0 Å². The molecule has 0 aliphatic heterocycles. The number of nitrogens with one attached hydrogen (secondary N) is 2. The maximum absolute atomic E-state index is 14.0. The van der Waals surface area contributed by atoms with Crippen LogP contribution in [0.1, 0.15) is 86.3 Å². The van der Waals surface area contributed by atoms with Gasteiger partial charge in [-0.25, -0.2) is 4.79 Å².